The Labute approximate surface area is 240 Å². The molecule has 210 valence electrons. The van der Waals surface area contributed by atoms with E-state index in [1.165, 1.54) is 51.9 Å². The van der Waals surface area contributed by atoms with Crippen molar-refractivity contribution in [1.29, 1.82) is 0 Å². The Morgan fingerprint density at radius 3 is 1.70 bits per heavy atom. The van der Waals surface area contributed by atoms with Gasteiger partial charge in [0.1, 0.15) is 6.04 Å². The number of carbonyl (C=O) groups excluding carboxylic acids is 2. The van der Waals surface area contributed by atoms with Gasteiger partial charge in [0, 0.05) is 6.04 Å². The topological polar surface area (TPSA) is 156 Å². The maximum Gasteiger partial charge on any atom is 2.00 e. The van der Waals surface area contributed by atoms with E-state index in [1.54, 1.807) is 0 Å². The van der Waals surface area contributed by atoms with Gasteiger partial charge in [-0.15, -0.1) is 0 Å². The second kappa shape index (κ2) is 29.1. The molecule has 0 aromatic carbocycles. The van der Waals surface area contributed by atoms with Gasteiger partial charge in [-0.3, -0.25) is 10.1 Å². The van der Waals surface area contributed by atoms with Gasteiger partial charge in [-0.05, 0) is 64.0 Å². The quantitative estimate of drug-likeness (QED) is 0.0781. The number of nitrogens with two attached hydrogens (primary N) is 1. The van der Waals surface area contributed by atoms with E-state index < -0.39 is 30.0 Å². The minimum atomic E-state index is -1.22. The number of rotatable bonds is 23. The van der Waals surface area contributed by atoms with Crippen molar-refractivity contribution in [2.45, 2.75) is 129 Å². The Kier molecular flexibility index (Phi) is 31.6. The fourth-order valence-electron chi connectivity index (χ4n) is 3.53. The molecule has 0 aromatic heterocycles. The molecule has 8 nitrogen and oxygen atoms in total. The number of aliphatic carboxylic acids is 3. The third-order valence-corrected chi connectivity index (χ3v) is 5.78. The van der Waals surface area contributed by atoms with Gasteiger partial charge in [0.2, 0.25) is 0 Å². The normalized spacial score (nSPS) is 12.2. The van der Waals surface area contributed by atoms with Gasteiger partial charge in [-0.25, -0.2) is 0 Å². The first-order valence-corrected chi connectivity index (χ1v) is 13.6. The number of allylic oxidation sites excluding steroid dienone is 2. The molecule has 0 aliphatic rings. The Morgan fingerprint density at radius 1 is 0.838 bits per heavy atom. The van der Waals surface area contributed by atoms with Gasteiger partial charge in [0.25, 0.3) is 0 Å². The fourth-order valence-corrected chi connectivity index (χ4v) is 3.53. The zero-order valence-electron chi connectivity index (χ0n) is 23.3. The Bertz CT molecular complexity index is 616. The van der Waals surface area contributed by atoms with Crippen molar-refractivity contribution in [2.24, 2.45) is 5.73 Å². The molecule has 0 aliphatic carbocycles. The fraction of sp³-hybridized carbons (Fsp3) is 0.750. The first-order chi connectivity index (χ1) is 17.2. The van der Waals surface area contributed by atoms with E-state index in [4.69, 9.17) is 5.73 Å². The minimum absolute atomic E-state index is 0. The summed E-state index contributed by atoms with van der Waals surface area (Å²) in [5.74, 6) is -3.43. The second-order valence-electron chi connectivity index (χ2n) is 9.30. The SMILES string of the molecule is C=C(C)C(=O)[O-].CCCCCCCC/C=C/CCCCCCC(N[C@@H](CCCCN)C(=O)O)C(=O)[O-].[Mg+2]. The van der Waals surface area contributed by atoms with Crippen molar-refractivity contribution >= 4 is 41.0 Å². The average Bonchev–Trinajstić information content (AvgIpc) is 2.82. The molecule has 0 saturated carbocycles. The summed E-state index contributed by atoms with van der Waals surface area (Å²) in [6, 6.07) is -1.78. The van der Waals surface area contributed by atoms with Crippen molar-refractivity contribution in [3.05, 3.63) is 24.3 Å². The molecule has 0 spiro atoms. The number of carboxylic acids is 3. The second-order valence-corrected chi connectivity index (χ2v) is 9.30. The molecule has 0 heterocycles. The molecule has 4 N–H and O–H groups in total. The number of unbranched alkanes of at least 4 members (excludes halogenated alkanes) is 11. The van der Waals surface area contributed by atoms with E-state index in [0.717, 1.165) is 38.5 Å². The van der Waals surface area contributed by atoms with E-state index in [9.17, 15) is 29.7 Å². The molecule has 9 heteroatoms. The van der Waals surface area contributed by atoms with Crippen LogP contribution in [0.2, 0.25) is 0 Å². The first-order valence-electron chi connectivity index (χ1n) is 13.6. The maximum atomic E-state index is 11.4. The Hall–Kier alpha value is -1.42. The van der Waals surface area contributed by atoms with Crippen LogP contribution in [0.4, 0.5) is 0 Å². The zero-order valence-corrected chi connectivity index (χ0v) is 24.7. The molecular formula is C28H50MgN2O6. The third kappa shape index (κ3) is 29.0. The standard InChI is InChI=1S/C24H46N2O4.C4H6O2.Mg/c1-2-3-4-5-6-7-8-9-10-11-12-13-14-15-18-21(23(27)28)26-22(24(29)30)19-16-17-20-25;1-3(2)4(5)6;/h9-10,21-22,26H,2-8,11-20,25H2,1H3,(H,27,28)(H,29,30);1H2,2H3,(H,5,6);/q;;+2/p-2/b10-9+;;/t21?,22-;;/m0../s1. The summed E-state index contributed by atoms with van der Waals surface area (Å²) in [5, 5.41) is 32.9. The van der Waals surface area contributed by atoms with Crippen molar-refractivity contribution in [2.75, 3.05) is 6.54 Å². The smallest absolute Gasteiger partial charge is 0.548 e. The molecular weight excluding hydrogens is 485 g/mol. The van der Waals surface area contributed by atoms with Gasteiger partial charge in [-0.2, -0.15) is 0 Å². The predicted octanol–water partition coefficient (Wildman–Crippen LogP) is 2.86. The van der Waals surface area contributed by atoms with Gasteiger partial charge in [0.15, 0.2) is 0 Å². The van der Waals surface area contributed by atoms with Gasteiger partial charge in [0.05, 0.1) is 11.9 Å². The number of nitrogens with one attached hydrogen (secondary N) is 1. The largest absolute Gasteiger partial charge is 2.00 e. The van der Waals surface area contributed by atoms with Crippen LogP contribution >= 0.6 is 0 Å². The van der Waals surface area contributed by atoms with Gasteiger partial charge >= 0.3 is 29.0 Å². The molecule has 0 fully saturated rings. The van der Waals surface area contributed by atoms with Crippen molar-refractivity contribution in [3.8, 4) is 0 Å². The monoisotopic (exact) mass is 534 g/mol. The number of carboxylic acid groups (broad SMARTS) is 3. The predicted molar refractivity (Wildman–Crippen MR) is 147 cm³/mol. The molecule has 0 amide bonds. The number of hydrogen-bond acceptors (Lipinski definition) is 7. The van der Waals surface area contributed by atoms with E-state index >= 15 is 0 Å². The summed E-state index contributed by atoms with van der Waals surface area (Å²) >= 11 is 0. The average molecular weight is 535 g/mol. The Morgan fingerprint density at radius 2 is 1.27 bits per heavy atom. The third-order valence-electron chi connectivity index (χ3n) is 5.78. The molecule has 0 aliphatic heterocycles. The van der Waals surface area contributed by atoms with Gasteiger partial charge in [-0.1, -0.05) is 83.4 Å². The van der Waals surface area contributed by atoms with Crippen LogP contribution in [0.1, 0.15) is 117 Å². The van der Waals surface area contributed by atoms with Crippen LogP contribution in [0.15, 0.2) is 24.3 Å². The summed E-state index contributed by atoms with van der Waals surface area (Å²) < 4.78 is 0. The van der Waals surface area contributed by atoms with Crippen molar-refractivity contribution in [3.63, 3.8) is 0 Å². The van der Waals surface area contributed by atoms with Crippen LogP contribution in [-0.4, -0.2) is 64.7 Å². The first kappa shape index (κ1) is 40.1. The maximum absolute atomic E-state index is 11.4. The Balaban J connectivity index is -0.00000146. The summed E-state index contributed by atoms with van der Waals surface area (Å²) in [5.41, 5.74) is 5.50. The van der Waals surface area contributed by atoms with E-state index in [0.29, 0.717) is 25.8 Å². The molecule has 0 saturated heterocycles. The molecule has 0 radical (unpaired) electrons. The van der Waals surface area contributed by atoms with Crippen LogP contribution in [0.3, 0.4) is 0 Å². The van der Waals surface area contributed by atoms with Crippen LogP contribution < -0.4 is 21.3 Å². The minimum Gasteiger partial charge on any atom is -0.548 e. The van der Waals surface area contributed by atoms with Crippen LogP contribution in [0, 0.1) is 0 Å². The molecule has 0 aromatic rings. The number of carbonyl (C=O) groups is 3. The van der Waals surface area contributed by atoms with Crippen molar-refractivity contribution < 1.29 is 29.7 Å². The molecule has 2 atom stereocenters. The van der Waals surface area contributed by atoms with E-state index in [-0.39, 0.29) is 28.6 Å². The van der Waals surface area contributed by atoms with E-state index in [2.05, 4.69) is 31.0 Å². The van der Waals surface area contributed by atoms with E-state index in [1.807, 2.05) is 0 Å². The molecule has 0 bridgehead atoms. The summed E-state index contributed by atoms with van der Waals surface area (Å²) in [6.45, 7) is 7.22. The van der Waals surface area contributed by atoms with Crippen molar-refractivity contribution in [1.82, 2.24) is 5.32 Å². The number of hydrogen-bond donors (Lipinski definition) is 3. The van der Waals surface area contributed by atoms with Crippen LogP contribution in [0.5, 0.6) is 0 Å². The molecule has 0 rings (SSSR count). The molecule has 37 heavy (non-hydrogen) atoms. The molecule has 1 unspecified atom stereocenters. The van der Waals surface area contributed by atoms with Crippen LogP contribution in [-0.2, 0) is 14.4 Å². The summed E-state index contributed by atoms with van der Waals surface area (Å²) in [6.07, 6.45) is 20.8. The summed E-state index contributed by atoms with van der Waals surface area (Å²) in [7, 11) is 0. The van der Waals surface area contributed by atoms with Gasteiger partial charge < -0.3 is 30.6 Å². The zero-order chi connectivity index (χ0) is 27.6. The van der Waals surface area contributed by atoms with Crippen LogP contribution in [0.25, 0.3) is 0 Å². The summed E-state index contributed by atoms with van der Waals surface area (Å²) in [4.78, 5) is 32.2.